The van der Waals surface area contributed by atoms with Gasteiger partial charge >= 0.3 is 5.97 Å². The Bertz CT molecular complexity index is 390. The largest absolute Gasteiger partial charge is 0.450 e. The van der Waals surface area contributed by atoms with Gasteiger partial charge in [-0.15, -0.1) is 0 Å². The minimum absolute atomic E-state index is 0.145. The number of aliphatic hydroxyl groups excluding tert-OH is 9. The second-order valence-corrected chi connectivity index (χ2v) is 4.94. The minimum Gasteiger partial charge on any atom is -0.450 e. The first kappa shape index (κ1) is 22.8. The number of aliphatic hydroxyl groups is 9. The van der Waals surface area contributed by atoms with Gasteiger partial charge in [-0.3, -0.25) is 4.79 Å². The van der Waals surface area contributed by atoms with Crippen molar-refractivity contribution in [3.8, 4) is 0 Å². The maximum atomic E-state index is 11.6. The van der Waals surface area contributed by atoms with Crippen LogP contribution in [0.2, 0.25) is 0 Å². The fraction of sp³-hybridized carbons (Fsp3) is 0.833. The van der Waals surface area contributed by atoms with E-state index in [1.54, 1.807) is 0 Å². The van der Waals surface area contributed by atoms with Crippen molar-refractivity contribution in [1.29, 1.82) is 0 Å². The number of hydrogen-bond acceptors (Lipinski definition) is 12. The smallest absolute Gasteiger partial charge is 0.338 e. The molecule has 0 aliphatic rings. The Kier molecular flexibility index (Phi) is 10.1. The first-order chi connectivity index (χ1) is 11.1. The Morgan fingerprint density at radius 1 is 0.792 bits per heavy atom. The van der Waals surface area contributed by atoms with Crippen LogP contribution in [0.5, 0.6) is 0 Å². The number of ether oxygens (including phenoxy) is 1. The summed E-state index contributed by atoms with van der Waals surface area (Å²) in [7, 11) is 0. The van der Waals surface area contributed by atoms with Gasteiger partial charge in [0.25, 0.3) is 0 Å². The molecule has 0 aromatic carbocycles. The van der Waals surface area contributed by atoms with E-state index in [4.69, 9.17) is 20.4 Å². The standard InChI is InChI=1S/C12H22O12/c13-1-4(16)7(18)9(20)6(3-15)24-12(23)11(22)10(21)8(19)5(17)2-14/h3-11,13-14,16-22H,1-2H2/t4-,5-,6+,7+,8-,9-,10+,11-/m1/s1. The van der Waals surface area contributed by atoms with E-state index in [-0.39, 0.29) is 6.29 Å². The van der Waals surface area contributed by atoms with Gasteiger partial charge in [0.05, 0.1) is 13.2 Å². The molecule has 0 spiro atoms. The Balaban J connectivity index is 4.89. The number of hydrogen-bond donors (Lipinski definition) is 9. The Morgan fingerprint density at radius 3 is 1.58 bits per heavy atom. The minimum atomic E-state index is -2.46. The molecule has 0 fully saturated rings. The Labute approximate surface area is 135 Å². The van der Waals surface area contributed by atoms with E-state index in [0.29, 0.717) is 0 Å². The number of aldehydes is 1. The highest BCUT2D eigenvalue weighted by molar-refractivity contribution is 5.77. The van der Waals surface area contributed by atoms with E-state index < -0.39 is 68.0 Å². The molecule has 0 bridgehead atoms. The second-order valence-electron chi connectivity index (χ2n) is 4.94. The number of esters is 1. The first-order valence-electron chi connectivity index (χ1n) is 6.76. The van der Waals surface area contributed by atoms with Crippen molar-refractivity contribution < 1.29 is 60.3 Å². The average Bonchev–Trinajstić information content (AvgIpc) is 2.60. The normalized spacial score (nSPS) is 21.7. The van der Waals surface area contributed by atoms with Crippen LogP contribution in [0, 0.1) is 0 Å². The molecule has 0 amide bonds. The van der Waals surface area contributed by atoms with E-state index in [9.17, 15) is 35.1 Å². The third-order valence-corrected chi connectivity index (χ3v) is 3.15. The van der Waals surface area contributed by atoms with E-state index >= 15 is 0 Å². The lowest BCUT2D eigenvalue weighted by molar-refractivity contribution is -0.186. The molecule has 142 valence electrons. The fourth-order valence-corrected chi connectivity index (χ4v) is 1.57. The van der Waals surface area contributed by atoms with Crippen molar-refractivity contribution in [3.63, 3.8) is 0 Å². The van der Waals surface area contributed by atoms with Crippen molar-refractivity contribution >= 4 is 12.3 Å². The third-order valence-electron chi connectivity index (χ3n) is 3.15. The van der Waals surface area contributed by atoms with Gasteiger partial charge in [0.1, 0.15) is 36.6 Å². The summed E-state index contributed by atoms with van der Waals surface area (Å²) in [6.45, 7) is -1.95. The van der Waals surface area contributed by atoms with Gasteiger partial charge in [-0.1, -0.05) is 0 Å². The quantitative estimate of drug-likeness (QED) is 0.124. The monoisotopic (exact) mass is 358 g/mol. The summed E-state index contributed by atoms with van der Waals surface area (Å²) in [5.41, 5.74) is 0. The lowest BCUT2D eigenvalue weighted by Crippen LogP contribution is -2.52. The molecular weight excluding hydrogens is 336 g/mol. The van der Waals surface area contributed by atoms with Crippen molar-refractivity contribution in [3.05, 3.63) is 0 Å². The number of carbonyl (C=O) groups is 2. The van der Waals surface area contributed by atoms with E-state index in [1.165, 1.54) is 0 Å². The highest BCUT2D eigenvalue weighted by Crippen LogP contribution is 2.11. The molecule has 0 radical (unpaired) electrons. The maximum absolute atomic E-state index is 11.6. The molecule has 0 saturated heterocycles. The molecule has 8 atom stereocenters. The molecule has 0 aromatic rings. The molecule has 0 aliphatic carbocycles. The molecular formula is C12H22O12. The van der Waals surface area contributed by atoms with Gasteiger partial charge in [0.2, 0.25) is 0 Å². The Hall–Kier alpha value is -1.22. The summed E-state index contributed by atoms with van der Waals surface area (Å²) in [6.07, 6.45) is -17.1. The molecule has 0 unspecified atom stereocenters. The fourth-order valence-electron chi connectivity index (χ4n) is 1.57. The number of carbonyl (C=O) groups excluding carboxylic acids is 2. The van der Waals surface area contributed by atoms with Crippen LogP contribution in [0.1, 0.15) is 0 Å². The molecule has 12 nitrogen and oxygen atoms in total. The van der Waals surface area contributed by atoms with Crippen LogP contribution in [0.15, 0.2) is 0 Å². The van der Waals surface area contributed by atoms with Crippen LogP contribution in [-0.4, -0.2) is 120 Å². The summed E-state index contributed by atoms with van der Waals surface area (Å²) in [5, 5.41) is 82.8. The van der Waals surface area contributed by atoms with Crippen molar-refractivity contribution in [1.82, 2.24) is 0 Å². The van der Waals surface area contributed by atoms with Gasteiger partial charge in [-0.2, -0.15) is 0 Å². The highest BCUT2D eigenvalue weighted by atomic mass is 16.6. The summed E-state index contributed by atoms with van der Waals surface area (Å²) in [5.74, 6) is -1.70. The second kappa shape index (κ2) is 10.6. The molecule has 24 heavy (non-hydrogen) atoms. The SMILES string of the molecule is O=C[C@H](OC(=O)[C@H](O)[C@@H](O)[C@H](O)[C@H](O)CO)[C@@H](O)[C@@H](O)[C@H](O)CO. The van der Waals surface area contributed by atoms with Gasteiger partial charge in [-0.25, -0.2) is 4.79 Å². The lowest BCUT2D eigenvalue weighted by atomic mass is 10.0. The average molecular weight is 358 g/mol. The van der Waals surface area contributed by atoms with Crippen LogP contribution in [-0.2, 0) is 14.3 Å². The van der Waals surface area contributed by atoms with E-state index in [1.807, 2.05) is 0 Å². The predicted octanol–water partition coefficient (Wildman–Crippen LogP) is -6.39. The van der Waals surface area contributed by atoms with Crippen LogP contribution in [0.4, 0.5) is 0 Å². The highest BCUT2D eigenvalue weighted by Gasteiger charge is 2.39. The summed E-state index contributed by atoms with van der Waals surface area (Å²) < 4.78 is 4.35. The summed E-state index contributed by atoms with van der Waals surface area (Å²) in [6, 6.07) is 0. The van der Waals surface area contributed by atoms with Gasteiger partial charge in [-0.05, 0) is 0 Å². The summed E-state index contributed by atoms with van der Waals surface area (Å²) in [4.78, 5) is 22.4. The molecule has 0 saturated carbocycles. The summed E-state index contributed by atoms with van der Waals surface area (Å²) >= 11 is 0. The van der Waals surface area contributed by atoms with Crippen LogP contribution in [0.25, 0.3) is 0 Å². The molecule has 9 N–H and O–H groups in total. The van der Waals surface area contributed by atoms with Gasteiger partial charge in [0.15, 0.2) is 18.5 Å². The van der Waals surface area contributed by atoms with Gasteiger partial charge in [0, 0.05) is 0 Å². The molecule has 12 heteroatoms. The van der Waals surface area contributed by atoms with Crippen LogP contribution < -0.4 is 0 Å². The Morgan fingerprint density at radius 2 is 1.21 bits per heavy atom. The molecule has 0 aromatic heterocycles. The molecule has 0 rings (SSSR count). The maximum Gasteiger partial charge on any atom is 0.338 e. The van der Waals surface area contributed by atoms with Gasteiger partial charge < -0.3 is 50.7 Å². The third kappa shape index (κ3) is 6.01. The molecule has 0 aliphatic heterocycles. The zero-order chi connectivity index (χ0) is 19.0. The topological polar surface area (TPSA) is 225 Å². The first-order valence-corrected chi connectivity index (χ1v) is 6.76. The molecule has 0 heterocycles. The van der Waals surface area contributed by atoms with Crippen LogP contribution in [0.3, 0.4) is 0 Å². The van der Waals surface area contributed by atoms with E-state index in [0.717, 1.165) is 0 Å². The van der Waals surface area contributed by atoms with Crippen molar-refractivity contribution in [2.45, 2.75) is 48.8 Å². The van der Waals surface area contributed by atoms with Crippen molar-refractivity contribution in [2.24, 2.45) is 0 Å². The lowest BCUT2D eigenvalue weighted by Gasteiger charge is -2.28. The zero-order valence-corrected chi connectivity index (χ0v) is 12.4. The van der Waals surface area contributed by atoms with Crippen LogP contribution >= 0.6 is 0 Å². The van der Waals surface area contributed by atoms with Crippen molar-refractivity contribution in [2.75, 3.05) is 13.2 Å². The zero-order valence-electron chi connectivity index (χ0n) is 12.4. The number of rotatable bonds is 11. The van der Waals surface area contributed by atoms with E-state index in [2.05, 4.69) is 4.74 Å². The predicted molar refractivity (Wildman–Crippen MR) is 72.2 cm³/mol.